The number of amides is 1. The van der Waals surface area contributed by atoms with E-state index in [9.17, 15) is 4.79 Å². The van der Waals surface area contributed by atoms with Crippen LogP contribution in [0.25, 0.3) is 0 Å². The third kappa shape index (κ3) is 2.58. The Morgan fingerprint density at radius 2 is 2.29 bits per heavy atom. The first-order valence-electron chi connectivity index (χ1n) is 5.93. The maximum absolute atomic E-state index is 12.1. The molecule has 0 saturated carbocycles. The predicted octanol–water partition coefficient (Wildman–Crippen LogP) is 1.04. The fourth-order valence-electron chi connectivity index (χ4n) is 2.05. The number of benzene rings is 1. The molecule has 1 heterocycles. The molecule has 1 aliphatic rings. The van der Waals surface area contributed by atoms with Crippen molar-refractivity contribution in [2.75, 3.05) is 26.7 Å². The molecule has 0 radical (unpaired) electrons. The van der Waals surface area contributed by atoms with Gasteiger partial charge in [0.2, 0.25) is 0 Å². The van der Waals surface area contributed by atoms with Crippen molar-refractivity contribution in [1.29, 1.82) is 0 Å². The summed E-state index contributed by atoms with van der Waals surface area (Å²) < 4.78 is 5.45. The van der Waals surface area contributed by atoms with Crippen molar-refractivity contribution in [1.82, 2.24) is 4.90 Å². The number of carbonyl (C=O) groups is 1. The molecular weight excluding hydrogens is 216 g/mol. The number of hydrogen-bond donors (Lipinski definition) is 1. The van der Waals surface area contributed by atoms with Gasteiger partial charge in [-0.3, -0.25) is 4.79 Å². The van der Waals surface area contributed by atoms with E-state index in [1.165, 1.54) is 0 Å². The van der Waals surface area contributed by atoms with E-state index in [4.69, 9.17) is 10.5 Å². The Balaban J connectivity index is 2.28. The molecule has 0 saturated heterocycles. The topological polar surface area (TPSA) is 55.6 Å². The summed E-state index contributed by atoms with van der Waals surface area (Å²) in [6, 6.07) is 5.72. The summed E-state index contributed by atoms with van der Waals surface area (Å²) >= 11 is 0. The van der Waals surface area contributed by atoms with E-state index in [0.29, 0.717) is 13.2 Å². The van der Waals surface area contributed by atoms with E-state index in [2.05, 4.69) is 0 Å². The van der Waals surface area contributed by atoms with Crippen LogP contribution in [0.1, 0.15) is 22.3 Å². The highest BCUT2D eigenvalue weighted by Crippen LogP contribution is 2.23. The zero-order valence-electron chi connectivity index (χ0n) is 10.1. The normalized spacial score (nSPS) is 15.4. The van der Waals surface area contributed by atoms with Crippen molar-refractivity contribution in [3.63, 3.8) is 0 Å². The minimum absolute atomic E-state index is 0.0794. The second-order valence-corrected chi connectivity index (χ2v) is 4.29. The number of aryl methyl sites for hydroxylation is 1. The Kier molecular flexibility index (Phi) is 3.64. The fourth-order valence-corrected chi connectivity index (χ4v) is 2.05. The van der Waals surface area contributed by atoms with Gasteiger partial charge in [0.1, 0.15) is 12.4 Å². The third-order valence-corrected chi connectivity index (χ3v) is 2.98. The molecule has 0 atom stereocenters. The van der Waals surface area contributed by atoms with Crippen LogP contribution in [0.4, 0.5) is 0 Å². The predicted molar refractivity (Wildman–Crippen MR) is 66.3 cm³/mol. The molecule has 0 aliphatic carbocycles. The molecule has 1 aliphatic heterocycles. The van der Waals surface area contributed by atoms with Crippen molar-refractivity contribution >= 4 is 5.91 Å². The van der Waals surface area contributed by atoms with Crippen LogP contribution in [0.3, 0.4) is 0 Å². The lowest BCUT2D eigenvalue weighted by Gasteiger charge is -2.14. The Hall–Kier alpha value is -1.55. The standard InChI is InChI=1S/C13H18N2O2/c1-15-7-2-3-10-4-5-11(17-8-6-14)9-12(10)13(15)16/h4-5,9H,2-3,6-8,14H2,1H3. The molecule has 17 heavy (non-hydrogen) atoms. The van der Waals surface area contributed by atoms with Crippen LogP contribution in [-0.2, 0) is 6.42 Å². The Morgan fingerprint density at radius 1 is 1.47 bits per heavy atom. The summed E-state index contributed by atoms with van der Waals surface area (Å²) in [7, 11) is 1.84. The fraction of sp³-hybridized carbons (Fsp3) is 0.462. The van der Waals surface area contributed by atoms with Crippen LogP contribution in [0, 0.1) is 0 Å². The molecule has 0 fully saturated rings. The number of nitrogens with two attached hydrogens (primary N) is 1. The molecule has 0 spiro atoms. The molecule has 0 bridgehead atoms. The number of fused-ring (bicyclic) bond motifs is 1. The SMILES string of the molecule is CN1CCCc2ccc(OCCN)cc2C1=O. The molecule has 1 aromatic rings. The molecule has 0 unspecified atom stereocenters. The average Bonchev–Trinajstić information content (AvgIpc) is 2.48. The van der Waals surface area contributed by atoms with Crippen molar-refractivity contribution in [2.45, 2.75) is 12.8 Å². The van der Waals surface area contributed by atoms with Crippen LogP contribution >= 0.6 is 0 Å². The van der Waals surface area contributed by atoms with Crippen molar-refractivity contribution in [3.8, 4) is 5.75 Å². The Bertz CT molecular complexity index is 418. The van der Waals surface area contributed by atoms with Gasteiger partial charge in [0.15, 0.2) is 0 Å². The Morgan fingerprint density at radius 3 is 3.06 bits per heavy atom. The van der Waals surface area contributed by atoms with Crippen LogP contribution in [0.15, 0.2) is 18.2 Å². The minimum atomic E-state index is 0.0794. The van der Waals surface area contributed by atoms with Gasteiger partial charge >= 0.3 is 0 Å². The maximum Gasteiger partial charge on any atom is 0.254 e. The molecule has 4 nitrogen and oxygen atoms in total. The van der Waals surface area contributed by atoms with Gasteiger partial charge < -0.3 is 15.4 Å². The molecule has 1 amide bonds. The molecular formula is C13H18N2O2. The lowest BCUT2D eigenvalue weighted by atomic mass is 10.0. The highest BCUT2D eigenvalue weighted by atomic mass is 16.5. The number of rotatable bonds is 3. The smallest absolute Gasteiger partial charge is 0.254 e. The van der Waals surface area contributed by atoms with Gasteiger partial charge in [-0.2, -0.15) is 0 Å². The van der Waals surface area contributed by atoms with E-state index in [0.717, 1.165) is 36.3 Å². The molecule has 0 aromatic heterocycles. The van der Waals surface area contributed by atoms with Crippen LogP contribution < -0.4 is 10.5 Å². The van der Waals surface area contributed by atoms with E-state index < -0.39 is 0 Å². The lowest BCUT2D eigenvalue weighted by molar-refractivity contribution is 0.0799. The first-order valence-corrected chi connectivity index (χ1v) is 5.93. The number of carbonyl (C=O) groups excluding carboxylic acids is 1. The van der Waals surface area contributed by atoms with E-state index in [-0.39, 0.29) is 5.91 Å². The molecule has 2 N–H and O–H groups in total. The summed E-state index contributed by atoms with van der Waals surface area (Å²) in [5.41, 5.74) is 7.26. The monoisotopic (exact) mass is 234 g/mol. The maximum atomic E-state index is 12.1. The zero-order chi connectivity index (χ0) is 12.3. The van der Waals surface area contributed by atoms with Gasteiger partial charge in [-0.05, 0) is 30.5 Å². The molecule has 4 heteroatoms. The molecule has 1 aromatic carbocycles. The van der Waals surface area contributed by atoms with E-state index >= 15 is 0 Å². The highest BCUT2D eigenvalue weighted by Gasteiger charge is 2.19. The lowest BCUT2D eigenvalue weighted by Crippen LogP contribution is -2.26. The summed E-state index contributed by atoms with van der Waals surface area (Å²) in [6.45, 7) is 1.76. The van der Waals surface area contributed by atoms with Crippen molar-refractivity contribution in [3.05, 3.63) is 29.3 Å². The van der Waals surface area contributed by atoms with Crippen LogP contribution in [0.2, 0.25) is 0 Å². The summed E-state index contributed by atoms with van der Waals surface area (Å²) in [5.74, 6) is 0.800. The van der Waals surface area contributed by atoms with Gasteiger partial charge in [0.25, 0.3) is 5.91 Å². The van der Waals surface area contributed by atoms with Gasteiger partial charge in [-0.1, -0.05) is 6.07 Å². The molecule has 2 rings (SSSR count). The Labute approximate surface area is 101 Å². The second-order valence-electron chi connectivity index (χ2n) is 4.29. The van der Waals surface area contributed by atoms with Gasteiger partial charge in [-0.15, -0.1) is 0 Å². The van der Waals surface area contributed by atoms with Gasteiger partial charge in [-0.25, -0.2) is 0 Å². The van der Waals surface area contributed by atoms with Crippen LogP contribution in [0.5, 0.6) is 5.75 Å². The van der Waals surface area contributed by atoms with Crippen LogP contribution in [-0.4, -0.2) is 37.6 Å². The zero-order valence-corrected chi connectivity index (χ0v) is 10.1. The summed E-state index contributed by atoms with van der Waals surface area (Å²) in [5, 5.41) is 0. The van der Waals surface area contributed by atoms with E-state index in [1.54, 1.807) is 4.90 Å². The number of nitrogens with zero attached hydrogens (tertiary/aromatic N) is 1. The quantitative estimate of drug-likeness (QED) is 0.850. The second kappa shape index (κ2) is 5.19. The average molecular weight is 234 g/mol. The van der Waals surface area contributed by atoms with Crippen molar-refractivity contribution < 1.29 is 9.53 Å². The third-order valence-electron chi connectivity index (χ3n) is 2.98. The summed E-state index contributed by atoms with van der Waals surface area (Å²) in [6.07, 6.45) is 1.96. The van der Waals surface area contributed by atoms with Gasteiger partial charge in [0, 0.05) is 25.7 Å². The number of ether oxygens (including phenoxy) is 1. The summed E-state index contributed by atoms with van der Waals surface area (Å²) in [4.78, 5) is 13.9. The number of hydrogen-bond acceptors (Lipinski definition) is 3. The first kappa shape index (κ1) is 11.9. The highest BCUT2D eigenvalue weighted by molar-refractivity contribution is 5.96. The minimum Gasteiger partial charge on any atom is -0.492 e. The van der Waals surface area contributed by atoms with Crippen molar-refractivity contribution in [2.24, 2.45) is 5.73 Å². The van der Waals surface area contributed by atoms with Gasteiger partial charge in [0.05, 0.1) is 0 Å². The largest absolute Gasteiger partial charge is 0.492 e. The molecule has 92 valence electrons. The first-order chi connectivity index (χ1) is 8.22. The van der Waals surface area contributed by atoms with E-state index in [1.807, 2.05) is 25.2 Å².